The lowest BCUT2D eigenvalue weighted by molar-refractivity contribution is -0.335. The maximum Gasteiger partial charge on any atom is 0.536 e. The van der Waals surface area contributed by atoms with E-state index in [4.69, 9.17) is 22.1 Å². The van der Waals surface area contributed by atoms with Crippen LogP contribution in [0.25, 0.3) is 11.6 Å². The lowest BCUT2D eigenvalue weighted by atomic mass is 9.90. The van der Waals surface area contributed by atoms with Crippen LogP contribution in [0.4, 0.5) is 4.32 Å². The summed E-state index contributed by atoms with van der Waals surface area (Å²) >= 11 is 6.12. The van der Waals surface area contributed by atoms with E-state index in [-0.39, 0.29) is 11.5 Å². The van der Waals surface area contributed by atoms with Gasteiger partial charge in [0.05, 0.1) is 7.11 Å². The second-order valence-electron chi connectivity index (χ2n) is 7.17. The molecule has 8 heteroatoms. The molecule has 2 aliphatic heterocycles. The molecule has 1 aromatic heterocycles. The molecule has 5 nitrogen and oxygen atoms in total. The van der Waals surface area contributed by atoms with Crippen molar-refractivity contribution in [3.05, 3.63) is 70.2 Å². The lowest BCUT2D eigenvalue weighted by Crippen LogP contribution is -2.40. The van der Waals surface area contributed by atoms with Gasteiger partial charge in [-0.25, -0.2) is 0 Å². The second-order valence-corrected chi connectivity index (χ2v) is 7.61. The lowest BCUT2D eigenvalue weighted by Gasteiger charge is -2.29. The average molecular weight is 414 g/mol. The molecule has 3 heterocycles. The van der Waals surface area contributed by atoms with Gasteiger partial charge in [-0.1, -0.05) is 11.6 Å². The predicted octanol–water partition coefficient (Wildman–Crippen LogP) is 3.59. The molecule has 2 aliphatic rings. The minimum atomic E-state index is -2.33. The molecule has 29 heavy (non-hydrogen) atoms. The van der Waals surface area contributed by atoms with Gasteiger partial charge in [-0.2, -0.15) is 0 Å². The molecule has 2 aromatic rings. The fraction of sp³-hybridized carbons (Fsp3) is 0.190. The first-order valence-electron chi connectivity index (χ1n) is 9.46. The highest BCUT2D eigenvalue weighted by atomic mass is 35.5. The molecule has 150 valence electrons. The van der Waals surface area contributed by atoms with E-state index in [2.05, 4.69) is 0 Å². The predicted molar refractivity (Wildman–Crippen MR) is 116 cm³/mol. The van der Waals surface area contributed by atoms with Crippen LogP contribution in [0.5, 0.6) is 11.5 Å². The van der Waals surface area contributed by atoms with Crippen molar-refractivity contribution in [2.24, 2.45) is 5.73 Å². The number of nitrogens with zero attached hydrogens (tertiary/aromatic N) is 2. The van der Waals surface area contributed by atoms with Crippen molar-refractivity contribution < 1.29 is 18.6 Å². The molecule has 0 fully saturated rings. The molecule has 0 saturated carbocycles. The Labute approximate surface area is 174 Å². The van der Waals surface area contributed by atoms with Gasteiger partial charge in [0.1, 0.15) is 0 Å². The van der Waals surface area contributed by atoms with Crippen molar-refractivity contribution in [1.82, 2.24) is 4.48 Å². The van der Waals surface area contributed by atoms with Gasteiger partial charge in [0.15, 0.2) is 22.9 Å². The number of rotatable bonds is 5. The Morgan fingerprint density at radius 3 is 2.90 bits per heavy atom. The molecule has 0 bridgehead atoms. The summed E-state index contributed by atoms with van der Waals surface area (Å²) in [4.78, 5) is 0. The summed E-state index contributed by atoms with van der Waals surface area (Å²) in [6, 6.07) is 6.98. The first kappa shape index (κ1) is 19.5. The van der Waals surface area contributed by atoms with Gasteiger partial charge < -0.3 is 28.9 Å². The van der Waals surface area contributed by atoms with Crippen LogP contribution in [0.2, 0.25) is 5.02 Å². The number of phenolic OH excluding ortho intramolecular Hbond substituents is 1. The summed E-state index contributed by atoms with van der Waals surface area (Å²) in [5, 5.41) is 10.8. The number of halogens is 2. The van der Waals surface area contributed by atoms with E-state index in [0.717, 1.165) is 22.5 Å². The monoisotopic (exact) mass is 413 g/mol. The first-order chi connectivity index (χ1) is 14.0. The third-order valence-corrected chi connectivity index (χ3v) is 5.62. The van der Waals surface area contributed by atoms with Gasteiger partial charge in [-0.05, 0) is 50.4 Å². The topological polar surface area (TPSA) is 63.4 Å². The number of fused-ring (bicyclic) bond motifs is 2. The van der Waals surface area contributed by atoms with Crippen molar-refractivity contribution in [3.63, 3.8) is 0 Å². The number of nitrogens with two attached hydrogens (primary N) is 1. The Bertz CT molecular complexity index is 1120. The van der Waals surface area contributed by atoms with Crippen molar-refractivity contribution in [2.75, 3.05) is 13.7 Å². The minimum absolute atomic E-state index is 0.0116. The maximum atomic E-state index is 15.5. The zero-order chi connectivity index (χ0) is 20.7. The Morgan fingerprint density at radius 1 is 1.38 bits per heavy atom. The molecular formula is C21H22BClFN3O2. The second kappa shape index (κ2) is 7.57. The number of hydrogen-bond acceptors (Lipinski definition) is 3. The van der Waals surface area contributed by atoms with Crippen LogP contribution in [0, 0.1) is 0 Å². The van der Waals surface area contributed by atoms with Crippen LogP contribution in [0.15, 0.2) is 53.9 Å². The highest BCUT2D eigenvalue weighted by Crippen LogP contribution is 2.37. The zero-order valence-electron chi connectivity index (χ0n) is 16.3. The average Bonchev–Trinajstić information content (AvgIpc) is 3.31. The van der Waals surface area contributed by atoms with Gasteiger partial charge in [-0.3, -0.25) is 0 Å². The fourth-order valence-corrected chi connectivity index (χ4v) is 4.38. The van der Waals surface area contributed by atoms with E-state index in [1.54, 1.807) is 39.4 Å². The largest absolute Gasteiger partial charge is 0.536 e. The number of phenols is 1. The number of benzene rings is 1. The van der Waals surface area contributed by atoms with E-state index in [1.165, 1.54) is 7.11 Å². The van der Waals surface area contributed by atoms with Crippen molar-refractivity contribution in [3.8, 4) is 11.5 Å². The summed E-state index contributed by atoms with van der Waals surface area (Å²) < 4.78 is 24.1. The molecule has 3 N–H and O–H groups in total. The third kappa shape index (κ3) is 3.20. The van der Waals surface area contributed by atoms with Crippen LogP contribution in [-0.4, -0.2) is 40.7 Å². The SMILES string of the molecule is COc1cc(Cl)cc(/C=C/C2=[N+]3[BH-](F)n4cccc4C(CCN)=C3C(C)=C2)c1O. The maximum absolute atomic E-state index is 15.5. The number of methoxy groups -OCH3 is 1. The van der Waals surface area contributed by atoms with Crippen molar-refractivity contribution in [1.29, 1.82) is 0 Å². The summed E-state index contributed by atoms with van der Waals surface area (Å²) in [5.74, 6) is 0.276. The molecule has 1 aromatic carbocycles. The fourth-order valence-electron chi connectivity index (χ4n) is 4.16. The molecule has 0 aliphatic carbocycles. The summed E-state index contributed by atoms with van der Waals surface area (Å²) in [5.41, 5.74) is 10.9. The normalized spacial score (nSPS) is 18.4. The number of allylic oxidation sites excluding steroid dienone is 3. The first-order valence-corrected chi connectivity index (χ1v) is 9.84. The van der Waals surface area contributed by atoms with E-state index >= 15 is 4.32 Å². The molecular weight excluding hydrogens is 392 g/mol. The van der Waals surface area contributed by atoms with Crippen molar-refractivity contribution >= 4 is 36.2 Å². The quantitative estimate of drug-likeness (QED) is 0.736. The smallest absolute Gasteiger partial charge is 0.504 e. The molecule has 4 rings (SSSR count). The van der Waals surface area contributed by atoms with Crippen molar-refractivity contribution in [2.45, 2.75) is 13.3 Å². The third-order valence-electron chi connectivity index (χ3n) is 5.40. The van der Waals surface area contributed by atoms with E-state index in [1.807, 2.05) is 25.1 Å². The van der Waals surface area contributed by atoms with Gasteiger partial charge in [0.25, 0.3) is 0 Å². The molecule has 1 unspecified atom stereocenters. The molecule has 0 saturated heterocycles. The van der Waals surface area contributed by atoms with Gasteiger partial charge in [-0.15, -0.1) is 0 Å². The molecule has 0 amide bonds. The van der Waals surface area contributed by atoms with Gasteiger partial charge >= 0.3 is 7.26 Å². The highest BCUT2D eigenvalue weighted by molar-refractivity contribution is 6.43. The van der Waals surface area contributed by atoms with E-state index < -0.39 is 7.26 Å². The highest BCUT2D eigenvalue weighted by Gasteiger charge is 2.37. The van der Waals surface area contributed by atoms with Gasteiger partial charge in [0, 0.05) is 45.6 Å². The van der Waals surface area contributed by atoms with Crippen LogP contribution in [0.3, 0.4) is 0 Å². The Kier molecular flexibility index (Phi) is 5.11. The summed E-state index contributed by atoms with van der Waals surface area (Å²) in [7, 11) is -0.870. The number of aromatic nitrogens is 1. The summed E-state index contributed by atoms with van der Waals surface area (Å²) in [6.45, 7) is 2.46. The Hall–Kier alpha value is -2.77. The molecule has 1 atom stereocenters. The Balaban J connectivity index is 1.84. The van der Waals surface area contributed by atoms with Crippen LogP contribution in [0.1, 0.15) is 24.6 Å². The van der Waals surface area contributed by atoms with Crippen LogP contribution in [-0.2, 0) is 0 Å². The zero-order valence-corrected chi connectivity index (χ0v) is 17.1. The van der Waals surface area contributed by atoms with Crippen LogP contribution >= 0.6 is 11.6 Å². The number of ether oxygens (including phenoxy) is 1. The van der Waals surface area contributed by atoms with E-state index in [0.29, 0.717) is 29.3 Å². The molecule has 0 spiro atoms. The van der Waals surface area contributed by atoms with E-state index in [9.17, 15) is 5.11 Å². The van der Waals surface area contributed by atoms with Gasteiger partial charge in [0.2, 0.25) is 0 Å². The summed E-state index contributed by atoms with van der Waals surface area (Å²) in [6.07, 6.45) is 7.89. The minimum Gasteiger partial charge on any atom is -0.504 e. The standard InChI is InChI=1S/C21H22BClFN3O2/c1-13-10-16(6-5-14-11-15(23)12-19(29-2)21(14)28)27-20(13)17(7-8-25)18-4-3-9-26(18)22(27)24/h3-6,9-12,22,28H,7-8,25H2,1-2H3/b6-5+. The van der Waals surface area contributed by atoms with Crippen LogP contribution < -0.4 is 10.5 Å². The Morgan fingerprint density at radius 2 is 2.17 bits per heavy atom. The molecule has 0 radical (unpaired) electrons. The number of aromatic hydroxyl groups is 1. The number of hydrogen-bond donors (Lipinski definition) is 2.